The minimum Gasteiger partial charge on any atom is -0.485 e. The van der Waals surface area contributed by atoms with Crippen LogP contribution in [0, 0.1) is 16.3 Å². The van der Waals surface area contributed by atoms with Gasteiger partial charge in [-0.2, -0.15) is 0 Å². The summed E-state index contributed by atoms with van der Waals surface area (Å²) in [7, 11) is 0. The van der Waals surface area contributed by atoms with Crippen LogP contribution in [0.3, 0.4) is 0 Å². The Morgan fingerprint density at radius 3 is 2.53 bits per heavy atom. The van der Waals surface area contributed by atoms with Gasteiger partial charge in [-0.3, -0.25) is 4.79 Å². The topological polar surface area (TPSA) is 26.3 Å². The highest BCUT2D eigenvalue weighted by Gasteiger charge is 2.08. The molecule has 0 unspecified atom stereocenters. The number of hydrogen-bond acceptors (Lipinski definition) is 2. The molecule has 0 aliphatic rings. The van der Waals surface area contributed by atoms with Crippen molar-refractivity contribution in [1.82, 2.24) is 0 Å². The fourth-order valence-electron chi connectivity index (χ4n) is 1.64. The van der Waals surface area contributed by atoms with Crippen LogP contribution in [0.25, 0.3) is 0 Å². The largest absolute Gasteiger partial charge is 0.485 e. The smallest absolute Gasteiger partial charge is 0.200 e. The maximum atomic E-state index is 12.9. The molecule has 0 amide bonds. The molecular weight excluding hydrogens is 358 g/mol. The molecule has 0 saturated carbocycles. The number of Topliss-reactive ketones (excluding diaryl/α,β-unsaturated/α-hetero) is 1. The third-order valence-corrected chi connectivity index (χ3v) is 3.38. The Labute approximate surface area is 124 Å². The summed E-state index contributed by atoms with van der Waals surface area (Å²) in [6.45, 7) is 1.70. The lowest BCUT2D eigenvalue weighted by molar-refractivity contribution is 0.0921. The summed E-state index contributed by atoms with van der Waals surface area (Å²) >= 11 is 2.18. The first kappa shape index (κ1) is 14.0. The summed E-state index contributed by atoms with van der Waals surface area (Å²) in [5, 5.41) is 0. The van der Waals surface area contributed by atoms with E-state index in [0.717, 1.165) is 3.57 Å². The van der Waals surface area contributed by atoms with E-state index in [1.165, 1.54) is 18.2 Å². The molecule has 0 spiro atoms. The third kappa shape index (κ3) is 3.76. The number of halogens is 2. The second-order valence-corrected chi connectivity index (χ2v) is 5.37. The maximum Gasteiger partial charge on any atom is 0.200 e. The third-order valence-electron chi connectivity index (χ3n) is 2.66. The minimum absolute atomic E-state index is 0.0485. The van der Waals surface area contributed by atoms with Gasteiger partial charge in [0.05, 0.1) is 0 Å². The van der Waals surface area contributed by atoms with E-state index < -0.39 is 0 Å². The fourth-order valence-corrected chi connectivity index (χ4v) is 2.00. The summed E-state index contributed by atoms with van der Waals surface area (Å²) in [6.07, 6.45) is 0. The van der Waals surface area contributed by atoms with E-state index in [4.69, 9.17) is 4.74 Å². The molecule has 98 valence electrons. The molecule has 0 bridgehead atoms. The van der Waals surface area contributed by atoms with E-state index in [-0.39, 0.29) is 18.2 Å². The second kappa shape index (κ2) is 6.14. The highest BCUT2D eigenvalue weighted by atomic mass is 127. The molecule has 0 radical (unpaired) electrons. The standard InChI is InChI=1S/C15H12FIO2/c1-10-8-12(16)4-7-15(10)19-9-14(18)11-2-5-13(17)6-3-11/h2-8H,9H2,1H3. The highest BCUT2D eigenvalue weighted by Crippen LogP contribution is 2.18. The van der Waals surface area contributed by atoms with Gasteiger partial charge < -0.3 is 4.74 Å². The van der Waals surface area contributed by atoms with Crippen molar-refractivity contribution in [2.45, 2.75) is 6.92 Å². The molecule has 0 aliphatic carbocycles. The Morgan fingerprint density at radius 1 is 1.21 bits per heavy atom. The molecule has 0 aromatic heterocycles. The molecule has 0 fully saturated rings. The fraction of sp³-hybridized carbons (Fsp3) is 0.133. The predicted octanol–water partition coefficient (Wildman–Crippen LogP) is 4.00. The van der Waals surface area contributed by atoms with E-state index >= 15 is 0 Å². The average molecular weight is 370 g/mol. The number of ketones is 1. The molecule has 2 aromatic carbocycles. The van der Waals surface area contributed by atoms with Crippen molar-refractivity contribution >= 4 is 28.4 Å². The number of hydrogen-bond donors (Lipinski definition) is 0. The van der Waals surface area contributed by atoms with Crippen LogP contribution in [-0.2, 0) is 0 Å². The van der Waals surface area contributed by atoms with Crippen LogP contribution < -0.4 is 4.74 Å². The van der Waals surface area contributed by atoms with Crippen LogP contribution in [0.1, 0.15) is 15.9 Å². The van der Waals surface area contributed by atoms with Crippen LogP contribution in [0.5, 0.6) is 5.75 Å². The van der Waals surface area contributed by atoms with Crippen molar-refractivity contribution in [1.29, 1.82) is 0 Å². The molecule has 19 heavy (non-hydrogen) atoms. The van der Waals surface area contributed by atoms with Gasteiger partial charge in [0, 0.05) is 9.13 Å². The van der Waals surface area contributed by atoms with Gasteiger partial charge in [0.2, 0.25) is 0 Å². The first-order chi connectivity index (χ1) is 9.06. The number of aryl methyl sites for hydroxylation is 1. The van der Waals surface area contributed by atoms with Crippen molar-refractivity contribution in [2.75, 3.05) is 6.61 Å². The first-order valence-corrected chi connectivity index (χ1v) is 6.82. The monoisotopic (exact) mass is 370 g/mol. The van der Waals surface area contributed by atoms with Gasteiger partial charge >= 0.3 is 0 Å². The van der Waals surface area contributed by atoms with E-state index in [1.807, 2.05) is 12.1 Å². The van der Waals surface area contributed by atoms with Crippen LogP contribution in [-0.4, -0.2) is 12.4 Å². The van der Waals surface area contributed by atoms with Gasteiger partial charge in [-0.05, 0) is 65.4 Å². The zero-order chi connectivity index (χ0) is 13.8. The van der Waals surface area contributed by atoms with E-state index in [2.05, 4.69) is 22.6 Å². The van der Waals surface area contributed by atoms with Gasteiger partial charge in [-0.1, -0.05) is 12.1 Å². The lowest BCUT2D eigenvalue weighted by Crippen LogP contribution is -2.12. The van der Waals surface area contributed by atoms with Crippen LogP contribution in [0.2, 0.25) is 0 Å². The molecule has 4 heteroatoms. The SMILES string of the molecule is Cc1cc(F)ccc1OCC(=O)c1ccc(I)cc1. The Balaban J connectivity index is 2.02. The molecular formula is C15H12FIO2. The molecule has 2 nitrogen and oxygen atoms in total. The van der Waals surface area contributed by atoms with Gasteiger partial charge in [-0.25, -0.2) is 4.39 Å². The summed E-state index contributed by atoms with van der Waals surface area (Å²) in [5.74, 6) is 0.120. The number of carbonyl (C=O) groups excluding carboxylic acids is 1. The van der Waals surface area contributed by atoms with E-state index in [9.17, 15) is 9.18 Å². The van der Waals surface area contributed by atoms with Crippen LogP contribution in [0.4, 0.5) is 4.39 Å². The average Bonchev–Trinajstić information content (AvgIpc) is 2.38. The molecule has 0 N–H and O–H groups in total. The lowest BCUT2D eigenvalue weighted by atomic mass is 10.1. The van der Waals surface area contributed by atoms with Crippen molar-refractivity contribution in [2.24, 2.45) is 0 Å². The normalized spacial score (nSPS) is 10.3. The molecule has 2 rings (SSSR count). The lowest BCUT2D eigenvalue weighted by Gasteiger charge is -2.08. The second-order valence-electron chi connectivity index (χ2n) is 4.13. The Bertz CT molecular complexity index is 594. The van der Waals surface area contributed by atoms with Crippen LogP contribution >= 0.6 is 22.6 Å². The molecule has 0 atom stereocenters. The predicted molar refractivity (Wildman–Crippen MR) is 80.1 cm³/mol. The van der Waals surface area contributed by atoms with Crippen molar-refractivity contribution in [3.63, 3.8) is 0 Å². The molecule has 2 aromatic rings. The van der Waals surface area contributed by atoms with E-state index in [0.29, 0.717) is 16.9 Å². The number of rotatable bonds is 4. The Kier molecular flexibility index (Phi) is 4.52. The number of carbonyl (C=O) groups is 1. The van der Waals surface area contributed by atoms with Gasteiger partial charge in [0.1, 0.15) is 11.6 Å². The number of ether oxygens (including phenoxy) is 1. The number of benzene rings is 2. The van der Waals surface area contributed by atoms with Gasteiger partial charge in [0.25, 0.3) is 0 Å². The summed E-state index contributed by atoms with van der Waals surface area (Å²) < 4.78 is 19.4. The zero-order valence-corrected chi connectivity index (χ0v) is 12.5. The van der Waals surface area contributed by atoms with Gasteiger partial charge in [0.15, 0.2) is 12.4 Å². The maximum absolute atomic E-state index is 12.9. The van der Waals surface area contributed by atoms with Crippen molar-refractivity contribution in [3.05, 3.63) is 63.0 Å². The highest BCUT2D eigenvalue weighted by molar-refractivity contribution is 14.1. The summed E-state index contributed by atoms with van der Waals surface area (Å²) in [4.78, 5) is 11.9. The molecule has 0 heterocycles. The zero-order valence-electron chi connectivity index (χ0n) is 10.3. The minimum atomic E-state index is -0.311. The molecule has 0 aliphatic heterocycles. The van der Waals surface area contributed by atoms with Crippen molar-refractivity contribution in [3.8, 4) is 5.75 Å². The van der Waals surface area contributed by atoms with Gasteiger partial charge in [-0.15, -0.1) is 0 Å². The Morgan fingerprint density at radius 2 is 1.89 bits per heavy atom. The quantitative estimate of drug-likeness (QED) is 0.601. The Hall–Kier alpha value is -1.43. The summed E-state index contributed by atoms with van der Waals surface area (Å²) in [5.41, 5.74) is 1.29. The van der Waals surface area contributed by atoms with Crippen molar-refractivity contribution < 1.29 is 13.9 Å². The first-order valence-electron chi connectivity index (χ1n) is 5.74. The summed E-state index contributed by atoms with van der Waals surface area (Å²) in [6, 6.07) is 11.5. The molecule has 0 saturated heterocycles. The van der Waals surface area contributed by atoms with E-state index in [1.54, 1.807) is 19.1 Å². The van der Waals surface area contributed by atoms with Crippen LogP contribution in [0.15, 0.2) is 42.5 Å².